The Morgan fingerprint density at radius 3 is 0.918 bits per heavy atom. The van der Waals surface area contributed by atoms with Crippen LogP contribution in [-0.4, -0.2) is 81.5 Å². The molecule has 400 valence electrons. The van der Waals surface area contributed by atoms with E-state index in [0.29, 0.717) is 45.9 Å². The van der Waals surface area contributed by atoms with Gasteiger partial charge < -0.3 is 9.97 Å². The molecule has 0 saturated heterocycles. The number of H-pyrrole nitrogens is 2. The van der Waals surface area contributed by atoms with E-state index in [9.17, 15) is 0 Å². The standard InChI is InChI=1S/C33H16N8.C32H18N8.2C2H6/c1-2-10-18-17(9-1)25-34-27-19-11-3-4-12-20(19)29-36-31-23-15-7-8-16-24(23)32-37-30-22-14-6-5-13-21(22)28-35-26(18)38(25)33(39(27)29,40(28)30)41(31)32;1-2-10-18-17(9-1)25-33-26(18)38-28-21-13-5-6-14-22(21)30(35-28)40-32-24-16-8-7-15-23(24)31(36-32)39-29-20-12-4-3-11-19(20)27(34-29)37-25;2*1-2/h1-16H;1-16H,(H2,33,34,35,36,37,38,39,40);2*1-2H3/q+2;;;. The molecule has 8 aliphatic rings. The van der Waals surface area contributed by atoms with Gasteiger partial charge in [-0.1, -0.05) is 193 Å². The van der Waals surface area contributed by atoms with E-state index in [2.05, 4.69) is 125 Å². The average molecular weight is 1100 g/mol. The quantitative estimate of drug-likeness (QED) is 0.143. The minimum Gasteiger partial charge on any atom is -0.324 e. The lowest BCUT2D eigenvalue weighted by atomic mass is 10.1. The normalized spacial score (nSPS) is 14.7. The van der Waals surface area contributed by atoms with Gasteiger partial charge in [0.25, 0.3) is 23.3 Å². The van der Waals surface area contributed by atoms with Crippen LogP contribution in [0.1, 0.15) is 49.9 Å². The molecule has 0 saturated carbocycles. The number of nitrogens with zero attached hydrogens (tertiary/aromatic N) is 14. The van der Waals surface area contributed by atoms with Crippen LogP contribution in [0.5, 0.6) is 0 Å². The summed E-state index contributed by atoms with van der Waals surface area (Å²) in [6, 6.07) is 66.2. The first-order chi connectivity index (χ1) is 42.2. The van der Waals surface area contributed by atoms with Crippen molar-refractivity contribution in [2.24, 2.45) is 20.0 Å². The molecule has 0 atom stereocenters. The lowest BCUT2D eigenvalue weighted by Crippen LogP contribution is -2.71. The Morgan fingerprint density at radius 1 is 0.294 bits per heavy atom. The summed E-state index contributed by atoms with van der Waals surface area (Å²) < 4.78 is 9.32. The lowest BCUT2D eigenvalue weighted by molar-refractivity contribution is -0.790. The maximum atomic E-state index is 5.42. The van der Waals surface area contributed by atoms with Gasteiger partial charge in [0, 0.05) is 65.3 Å². The van der Waals surface area contributed by atoms with Crippen molar-refractivity contribution >= 4 is 101 Å². The van der Waals surface area contributed by atoms with E-state index in [-0.39, 0.29) is 0 Å². The molecule has 16 nitrogen and oxygen atoms in total. The Morgan fingerprint density at radius 2 is 0.576 bits per heavy atom. The maximum Gasteiger partial charge on any atom is 0.404 e. The van der Waals surface area contributed by atoms with Crippen LogP contribution in [0.15, 0.2) is 214 Å². The number of aromatic nitrogens is 10. The summed E-state index contributed by atoms with van der Waals surface area (Å²) in [5.41, 5.74) is 12.6. The summed E-state index contributed by atoms with van der Waals surface area (Å²) in [5.74, 6) is 6.85. The second-order valence-corrected chi connectivity index (χ2v) is 21.0. The van der Waals surface area contributed by atoms with Crippen molar-refractivity contribution in [1.29, 1.82) is 0 Å². The first-order valence-electron chi connectivity index (χ1n) is 28.8. The summed E-state index contributed by atoms with van der Waals surface area (Å²) in [6.07, 6.45) is 0. The van der Waals surface area contributed by atoms with E-state index in [1.807, 2.05) is 125 Å². The Kier molecular flexibility index (Phi) is 9.57. The predicted molar refractivity (Wildman–Crippen MR) is 332 cm³/mol. The highest BCUT2D eigenvalue weighted by Crippen LogP contribution is 2.52. The summed E-state index contributed by atoms with van der Waals surface area (Å²) in [5, 5.41) is 8.15. The third-order valence-corrected chi connectivity index (χ3v) is 16.8. The third-order valence-electron chi connectivity index (χ3n) is 16.8. The lowest BCUT2D eigenvalue weighted by Gasteiger charge is -2.40. The highest BCUT2D eigenvalue weighted by Gasteiger charge is 2.69. The monoisotopic (exact) mass is 1100 g/mol. The van der Waals surface area contributed by atoms with Crippen molar-refractivity contribution in [3.8, 4) is 45.6 Å². The van der Waals surface area contributed by atoms with Crippen LogP contribution in [0.25, 0.3) is 111 Å². The van der Waals surface area contributed by atoms with Gasteiger partial charge >= 0.3 is 5.91 Å². The summed E-state index contributed by atoms with van der Waals surface area (Å²) in [7, 11) is 0. The second kappa shape index (κ2) is 17.3. The molecule has 0 radical (unpaired) electrons. The summed E-state index contributed by atoms with van der Waals surface area (Å²) in [6.45, 7) is 8.00. The average Bonchev–Trinajstić information content (AvgIpc) is 1.57. The minimum absolute atomic E-state index is 0.597. The molecular formula is C69H46N16+2. The Labute approximate surface area is 483 Å². The molecular weight excluding hydrogens is 1050 g/mol. The second-order valence-electron chi connectivity index (χ2n) is 21.0. The highest BCUT2D eigenvalue weighted by atomic mass is 15.7. The maximum absolute atomic E-state index is 5.42. The van der Waals surface area contributed by atoms with Crippen molar-refractivity contribution < 1.29 is 9.15 Å². The smallest absolute Gasteiger partial charge is 0.324 e. The molecule has 21 rings (SSSR count). The van der Waals surface area contributed by atoms with Gasteiger partial charge in [-0.15, -0.1) is 9.15 Å². The molecule has 0 unspecified atom stereocenters. The zero-order valence-electron chi connectivity index (χ0n) is 46.2. The largest absolute Gasteiger partial charge is 0.404 e. The number of nitrogens with one attached hydrogen (secondary N) is 2. The fourth-order valence-electron chi connectivity index (χ4n) is 13.5. The van der Waals surface area contributed by atoms with Gasteiger partial charge in [0.05, 0.1) is 22.3 Å². The van der Waals surface area contributed by atoms with E-state index in [4.69, 9.17) is 49.9 Å². The van der Waals surface area contributed by atoms with Gasteiger partial charge in [0.15, 0.2) is 23.3 Å². The van der Waals surface area contributed by atoms with Crippen LogP contribution in [0.2, 0.25) is 0 Å². The molecule has 13 heterocycles. The van der Waals surface area contributed by atoms with Crippen molar-refractivity contribution in [2.75, 3.05) is 0 Å². The van der Waals surface area contributed by atoms with Gasteiger partial charge in [-0.25, -0.2) is 29.9 Å². The molecule has 13 aromatic rings. The number of hydrogen-bond acceptors (Lipinski definition) is 10. The van der Waals surface area contributed by atoms with Crippen molar-refractivity contribution in [2.45, 2.75) is 33.6 Å². The van der Waals surface area contributed by atoms with E-state index in [1.165, 1.54) is 0 Å². The third kappa shape index (κ3) is 6.02. The summed E-state index contributed by atoms with van der Waals surface area (Å²) in [4.78, 5) is 58.4. The first kappa shape index (κ1) is 47.2. The van der Waals surface area contributed by atoms with Crippen LogP contribution in [-0.2, 0) is 5.91 Å². The van der Waals surface area contributed by atoms with E-state index < -0.39 is 5.91 Å². The molecule has 0 amide bonds. The SMILES string of the molecule is CC.CC.c1ccc2c(c1)-c1nc-2nc2[nH]c(nc3nc(nc4[nH]c(n1)c1ccccc41)-c1ccccc1-3)c1ccccc21.c1ccc2c(c1)C1=Nc3c4ccccc4c4n3C35n6c(c7ccccc7c6=NC6=[N+]3C(=N4)c3ccccc36)=NC2=[N+]15. The first-order valence-corrected chi connectivity index (χ1v) is 28.8. The number of rotatable bonds is 0. The van der Waals surface area contributed by atoms with Gasteiger partial charge in [-0.2, -0.15) is 9.13 Å². The Bertz CT molecular complexity index is 5190. The predicted octanol–water partition coefficient (Wildman–Crippen LogP) is 12.6. The number of aliphatic imine (C=N–C) groups is 2. The number of fused-ring (bicyclic) bond motifs is 32. The van der Waals surface area contributed by atoms with Crippen LogP contribution in [0.4, 0.5) is 11.6 Å². The van der Waals surface area contributed by atoms with Crippen molar-refractivity contribution in [3.05, 3.63) is 227 Å². The number of hydrogen-bond donors (Lipinski definition) is 2. The fraction of sp³-hybridized carbons (Fsp3) is 0.0725. The highest BCUT2D eigenvalue weighted by molar-refractivity contribution is 6.20. The van der Waals surface area contributed by atoms with Gasteiger partial charge in [-0.05, 0) is 48.5 Å². The minimum atomic E-state index is -0.923. The topological polar surface area (TPSA) is 174 Å². The van der Waals surface area contributed by atoms with Crippen LogP contribution in [0.3, 0.4) is 0 Å². The van der Waals surface area contributed by atoms with Gasteiger partial charge in [0.1, 0.15) is 22.6 Å². The molecule has 8 aromatic carbocycles. The van der Waals surface area contributed by atoms with Crippen LogP contribution < -0.4 is 11.0 Å². The zero-order chi connectivity index (χ0) is 56.4. The molecule has 0 fully saturated rings. The molecule has 16 heteroatoms. The Balaban J connectivity index is 0.000000122. The molecule has 8 aliphatic heterocycles. The molecule has 0 aliphatic carbocycles. The van der Waals surface area contributed by atoms with E-state index >= 15 is 0 Å². The molecule has 8 bridgehead atoms. The van der Waals surface area contributed by atoms with E-state index in [0.717, 1.165) is 134 Å². The summed E-state index contributed by atoms with van der Waals surface area (Å²) >= 11 is 0. The van der Waals surface area contributed by atoms with Crippen LogP contribution >= 0.6 is 0 Å². The van der Waals surface area contributed by atoms with Gasteiger partial charge in [-0.3, -0.25) is 0 Å². The van der Waals surface area contributed by atoms with Gasteiger partial charge in [0.2, 0.25) is 22.6 Å². The molecule has 1 spiro atoms. The van der Waals surface area contributed by atoms with Crippen LogP contribution in [0, 0.1) is 0 Å². The fourth-order valence-corrected chi connectivity index (χ4v) is 13.5. The Hall–Kier alpha value is -11.5. The van der Waals surface area contributed by atoms with Crippen molar-refractivity contribution in [1.82, 2.24) is 49.0 Å². The molecule has 5 aromatic heterocycles. The zero-order valence-corrected chi connectivity index (χ0v) is 46.2. The van der Waals surface area contributed by atoms with Crippen molar-refractivity contribution in [3.63, 3.8) is 0 Å². The molecule has 2 N–H and O–H groups in total. The van der Waals surface area contributed by atoms with E-state index in [1.54, 1.807) is 0 Å². The number of amidine groups is 4. The number of aromatic amines is 2. The molecule has 85 heavy (non-hydrogen) atoms. The number of benzene rings is 8.